The van der Waals surface area contributed by atoms with Crippen LogP contribution in [-0.2, 0) is 19.4 Å². The Morgan fingerprint density at radius 1 is 0.906 bits per heavy atom. The molecule has 0 atom stereocenters. The lowest BCUT2D eigenvalue weighted by atomic mass is 10.1. The second-order valence-corrected chi connectivity index (χ2v) is 10.8. The Labute approximate surface area is 189 Å². The van der Waals surface area contributed by atoms with E-state index in [1.165, 1.54) is 0 Å². The minimum Gasteiger partial charge on any atom is -0.483 e. The Morgan fingerprint density at radius 2 is 1.50 bits per heavy atom. The van der Waals surface area contributed by atoms with E-state index in [0.29, 0.717) is 24.2 Å². The lowest BCUT2D eigenvalue weighted by Crippen LogP contribution is -2.56. The largest absolute Gasteiger partial charge is 0.483 e. The summed E-state index contributed by atoms with van der Waals surface area (Å²) in [7, 11) is -3.96. The minimum atomic E-state index is -3.96. The molecule has 1 saturated carbocycles. The molecule has 0 aromatic heterocycles. The van der Waals surface area contributed by atoms with E-state index in [2.05, 4.69) is 10.9 Å². The van der Waals surface area contributed by atoms with Gasteiger partial charge < -0.3 is 4.74 Å². The molecule has 8 heteroatoms. The molecule has 172 valence electrons. The fraction of sp³-hybridized carbons (Fsp3) is 0.417. The van der Waals surface area contributed by atoms with Crippen molar-refractivity contribution in [1.82, 2.24) is 10.9 Å². The Hall–Kier alpha value is -2.87. The number of amides is 2. The predicted octanol–water partition coefficient (Wildman–Crippen LogP) is 3.23. The van der Waals surface area contributed by atoms with Crippen LogP contribution < -0.4 is 15.6 Å². The number of aryl methyl sites for hydroxylation is 4. The Morgan fingerprint density at radius 3 is 2.16 bits per heavy atom. The number of ether oxygens (including phenoxy) is 1. The zero-order chi connectivity index (χ0) is 23.5. The molecular formula is C24H30N2O5S. The van der Waals surface area contributed by atoms with Gasteiger partial charge in [0.25, 0.3) is 11.8 Å². The maximum atomic E-state index is 13.6. The van der Waals surface area contributed by atoms with Crippen LogP contribution in [0, 0.1) is 27.7 Å². The predicted molar refractivity (Wildman–Crippen MR) is 122 cm³/mol. The number of sulfone groups is 1. The van der Waals surface area contributed by atoms with E-state index in [1.807, 2.05) is 45.0 Å². The summed E-state index contributed by atoms with van der Waals surface area (Å²) >= 11 is 0. The summed E-state index contributed by atoms with van der Waals surface area (Å²) < 4.78 is 31.1. The molecule has 2 N–H and O–H groups in total. The molecule has 0 saturated heterocycles. The second kappa shape index (κ2) is 9.32. The van der Waals surface area contributed by atoms with Crippen LogP contribution in [0.2, 0.25) is 0 Å². The van der Waals surface area contributed by atoms with Crippen LogP contribution in [0.5, 0.6) is 5.75 Å². The second-order valence-electron chi connectivity index (χ2n) is 8.53. The molecule has 32 heavy (non-hydrogen) atoms. The third-order valence-electron chi connectivity index (χ3n) is 5.99. The van der Waals surface area contributed by atoms with Gasteiger partial charge in [-0.15, -0.1) is 0 Å². The van der Waals surface area contributed by atoms with Crippen LogP contribution in [0.15, 0.2) is 41.3 Å². The van der Waals surface area contributed by atoms with E-state index in [1.54, 1.807) is 19.1 Å². The molecule has 1 aliphatic rings. The highest BCUT2D eigenvalue weighted by atomic mass is 32.2. The van der Waals surface area contributed by atoms with Gasteiger partial charge in [-0.1, -0.05) is 37.1 Å². The van der Waals surface area contributed by atoms with Gasteiger partial charge in [-0.25, -0.2) is 8.42 Å². The van der Waals surface area contributed by atoms with Crippen molar-refractivity contribution in [3.63, 3.8) is 0 Å². The Kier molecular flexibility index (Phi) is 6.93. The van der Waals surface area contributed by atoms with Crippen LogP contribution in [-0.4, -0.2) is 31.6 Å². The standard InChI is InChI=1S/C24H30N2O5S/c1-16-7-9-18(3)20(13-16)31-15-22(27)25-26-23(28)24(11-5-6-12-24)32(29,30)21-14-17(2)8-10-19(21)4/h7-10,13-14H,5-6,11-12,15H2,1-4H3,(H,25,27)(H,26,28). The molecule has 0 aliphatic heterocycles. The number of carbonyl (C=O) groups excluding carboxylic acids is 2. The molecule has 2 aromatic carbocycles. The van der Waals surface area contributed by atoms with Crippen molar-refractivity contribution in [2.45, 2.75) is 63.0 Å². The average Bonchev–Trinajstić information content (AvgIpc) is 3.26. The minimum absolute atomic E-state index is 0.166. The monoisotopic (exact) mass is 458 g/mol. The van der Waals surface area contributed by atoms with Crippen LogP contribution in [0.1, 0.15) is 47.9 Å². The first-order chi connectivity index (χ1) is 15.1. The van der Waals surface area contributed by atoms with Gasteiger partial charge in [-0.05, 0) is 74.9 Å². The van der Waals surface area contributed by atoms with Crippen molar-refractivity contribution in [2.75, 3.05) is 6.61 Å². The van der Waals surface area contributed by atoms with Crippen molar-refractivity contribution in [1.29, 1.82) is 0 Å². The average molecular weight is 459 g/mol. The summed E-state index contributed by atoms with van der Waals surface area (Å²) in [6.45, 7) is 7.02. The van der Waals surface area contributed by atoms with Gasteiger partial charge in [-0.3, -0.25) is 20.4 Å². The SMILES string of the molecule is Cc1ccc(C)c(OCC(=O)NNC(=O)C2(S(=O)(=O)c3cc(C)ccc3C)CCCC2)c1. The number of hydrazine groups is 1. The van der Waals surface area contributed by atoms with Gasteiger partial charge in [0.1, 0.15) is 5.75 Å². The molecule has 2 aromatic rings. The van der Waals surface area contributed by atoms with E-state index < -0.39 is 26.4 Å². The highest BCUT2D eigenvalue weighted by molar-refractivity contribution is 7.93. The van der Waals surface area contributed by atoms with Gasteiger partial charge >= 0.3 is 0 Å². The fourth-order valence-corrected chi connectivity index (χ4v) is 6.43. The number of carbonyl (C=O) groups is 2. The summed E-state index contributed by atoms with van der Waals surface area (Å²) in [5, 5.41) is 0. The molecule has 0 unspecified atom stereocenters. The molecule has 0 heterocycles. The van der Waals surface area contributed by atoms with Gasteiger partial charge in [0.05, 0.1) is 4.90 Å². The molecule has 0 spiro atoms. The van der Waals surface area contributed by atoms with Crippen molar-refractivity contribution >= 4 is 21.7 Å². The first-order valence-electron chi connectivity index (χ1n) is 10.7. The fourth-order valence-electron chi connectivity index (χ4n) is 4.05. The summed E-state index contributed by atoms with van der Waals surface area (Å²) in [5.41, 5.74) is 7.94. The van der Waals surface area contributed by atoms with Crippen molar-refractivity contribution < 1.29 is 22.7 Å². The number of benzene rings is 2. The van der Waals surface area contributed by atoms with Crippen molar-refractivity contribution in [3.05, 3.63) is 58.7 Å². The quantitative estimate of drug-likeness (QED) is 0.647. The molecule has 0 radical (unpaired) electrons. The molecule has 1 aliphatic carbocycles. The highest BCUT2D eigenvalue weighted by Crippen LogP contribution is 2.41. The van der Waals surface area contributed by atoms with Crippen LogP contribution in [0.25, 0.3) is 0 Å². The van der Waals surface area contributed by atoms with E-state index in [4.69, 9.17) is 4.74 Å². The maximum Gasteiger partial charge on any atom is 0.276 e. The van der Waals surface area contributed by atoms with E-state index in [9.17, 15) is 18.0 Å². The van der Waals surface area contributed by atoms with E-state index in [0.717, 1.165) is 16.7 Å². The third kappa shape index (κ3) is 4.65. The molecule has 1 fully saturated rings. The van der Waals surface area contributed by atoms with E-state index in [-0.39, 0.29) is 24.3 Å². The van der Waals surface area contributed by atoms with Gasteiger partial charge in [0.2, 0.25) is 0 Å². The normalized spacial score (nSPS) is 15.2. The highest BCUT2D eigenvalue weighted by Gasteiger charge is 2.53. The lowest BCUT2D eigenvalue weighted by Gasteiger charge is -2.28. The van der Waals surface area contributed by atoms with Crippen LogP contribution >= 0.6 is 0 Å². The zero-order valence-corrected chi connectivity index (χ0v) is 19.8. The molecule has 3 rings (SSSR count). The molecule has 0 bridgehead atoms. The van der Waals surface area contributed by atoms with E-state index >= 15 is 0 Å². The number of rotatable bonds is 6. The topological polar surface area (TPSA) is 102 Å². The van der Waals surface area contributed by atoms with Crippen molar-refractivity contribution in [3.8, 4) is 5.75 Å². The molecule has 2 amide bonds. The lowest BCUT2D eigenvalue weighted by molar-refractivity contribution is -0.131. The number of hydrogen-bond donors (Lipinski definition) is 2. The number of hydrogen-bond acceptors (Lipinski definition) is 5. The maximum absolute atomic E-state index is 13.6. The first-order valence-corrected chi connectivity index (χ1v) is 12.2. The summed E-state index contributed by atoms with van der Waals surface area (Å²) in [6.07, 6.45) is 1.68. The van der Waals surface area contributed by atoms with Crippen LogP contribution in [0.4, 0.5) is 0 Å². The summed E-state index contributed by atoms with van der Waals surface area (Å²) in [4.78, 5) is 25.5. The van der Waals surface area contributed by atoms with Crippen molar-refractivity contribution in [2.24, 2.45) is 0 Å². The third-order valence-corrected chi connectivity index (χ3v) is 8.63. The summed E-state index contributed by atoms with van der Waals surface area (Å²) in [5.74, 6) is -0.705. The summed E-state index contributed by atoms with van der Waals surface area (Å²) in [6, 6.07) is 10.9. The Bertz CT molecular complexity index is 1140. The number of nitrogens with one attached hydrogen (secondary N) is 2. The zero-order valence-electron chi connectivity index (χ0n) is 18.9. The molecule has 7 nitrogen and oxygen atoms in total. The van der Waals surface area contributed by atoms with Gasteiger partial charge in [0.15, 0.2) is 21.2 Å². The molecular weight excluding hydrogens is 428 g/mol. The van der Waals surface area contributed by atoms with Crippen LogP contribution in [0.3, 0.4) is 0 Å². The smallest absolute Gasteiger partial charge is 0.276 e. The van der Waals surface area contributed by atoms with Gasteiger partial charge in [-0.2, -0.15) is 0 Å². The first kappa shape index (κ1) is 23.8. The Balaban J connectivity index is 1.72. The van der Waals surface area contributed by atoms with Gasteiger partial charge in [0, 0.05) is 0 Å².